The van der Waals surface area contributed by atoms with Crippen LogP contribution in [0.2, 0.25) is 0 Å². The molecule has 0 saturated heterocycles. The molecule has 1 atom stereocenters. The van der Waals surface area contributed by atoms with E-state index in [0.717, 1.165) is 23.0 Å². The summed E-state index contributed by atoms with van der Waals surface area (Å²) in [6.07, 6.45) is 0.986. The van der Waals surface area contributed by atoms with Crippen molar-refractivity contribution in [3.63, 3.8) is 0 Å². The van der Waals surface area contributed by atoms with Crippen LogP contribution in [0.1, 0.15) is 23.5 Å². The quantitative estimate of drug-likeness (QED) is 0.903. The van der Waals surface area contributed by atoms with Gasteiger partial charge in [-0.25, -0.2) is 4.39 Å². The molecule has 1 aliphatic heterocycles. The number of fused-ring (bicyclic) bond motifs is 1. The zero-order valence-electron chi connectivity index (χ0n) is 11.7. The van der Waals surface area contributed by atoms with Crippen LogP contribution >= 0.6 is 15.9 Å². The van der Waals surface area contributed by atoms with Crippen LogP contribution < -0.4 is 10.6 Å². The summed E-state index contributed by atoms with van der Waals surface area (Å²) in [6, 6.07) is 13.5. The largest absolute Gasteiger partial charge is 0.366 e. The van der Waals surface area contributed by atoms with Crippen LogP contribution in [0.5, 0.6) is 0 Å². The number of benzene rings is 2. The van der Waals surface area contributed by atoms with E-state index in [1.807, 2.05) is 6.07 Å². The van der Waals surface area contributed by atoms with Gasteiger partial charge in [0.2, 0.25) is 0 Å². The molecule has 3 rings (SSSR count). The molecule has 21 heavy (non-hydrogen) atoms. The summed E-state index contributed by atoms with van der Waals surface area (Å²) >= 11 is 3.36. The second-order valence-corrected chi connectivity index (χ2v) is 6.41. The van der Waals surface area contributed by atoms with Crippen molar-refractivity contribution in [1.82, 2.24) is 0 Å². The highest BCUT2D eigenvalue weighted by molar-refractivity contribution is 9.10. The van der Waals surface area contributed by atoms with Crippen molar-refractivity contribution in [2.24, 2.45) is 5.73 Å². The minimum atomic E-state index is -0.203. The van der Waals surface area contributed by atoms with Gasteiger partial charge in [-0.05, 0) is 48.4 Å². The highest BCUT2D eigenvalue weighted by Gasteiger charge is 2.27. The SMILES string of the molecule is NCCC1CN(Cc2cc(F)cc(Br)c2)c2ccccc21. The van der Waals surface area contributed by atoms with E-state index in [1.165, 1.54) is 17.3 Å². The second kappa shape index (κ2) is 6.16. The number of anilines is 1. The molecule has 2 aromatic rings. The molecule has 1 heterocycles. The number of rotatable bonds is 4. The monoisotopic (exact) mass is 348 g/mol. The molecule has 4 heteroatoms. The van der Waals surface area contributed by atoms with Gasteiger partial charge in [0, 0.05) is 29.2 Å². The lowest BCUT2D eigenvalue weighted by Gasteiger charge is -2.20. The lowest BCUT2D eigenvalue weighted by molar-refractivity contribution is 0.620. The Hall–Kier alpha value is -1.39. The molecule has 0 aliphatic carbocycles. The molecule has 0 bridgehead atoms. The third-order valence-corrected chi connectivity index (χ3v) is 4.43. The van der Waals surface area contributed by atoms with Gasteiger partial charge in [-0.15, -0.1) is 0 Å². The Morgan fingerprint density at radius 2 is 2.05 bits per heavy atom. The molecule has 1 unspecified atom stereocenters. The predicted molar refractivity (Wildman–Crippen MR) is 88.0 cm³/mol. The number of halogens is 2. The zero-order valence-corrected chi connectivity index (χ0v) is 13.3. The van der Waals surface area contributed by atoms with E-state index in [0.29, 0.717) is 19.0 Å². The van der Waals surface area contributed by atoms with E-state index in [9.17, 15) is 4.39 Å². The minimum absolute atomic E-state index is 0.203. The highest BCUT2D eigenvalue weighted by atomic mass is 79.9. The topological polar surface area (TPSA) is 29.3 Å². The molecule has 0 saturated carbocycles. The van der Waals surface area contributed by atoms with Crippen LogP contribution in [0.4, 0.5) is 10.1 Å². The lowest BCUT2D eigenvalue weighted by atomic mass is 9.98. The van der Waals surface area contributed by atoms with Gasteiger partial charge in [-0.3, -0.25) is 0 Å². The van der Waals surface area contributed by atoms with Crippen LogP contribution in [0.15, 0.2) is 46.9 Å². The zero-order chi connectivity index (χ0) is 14.8. The molecular weight excluding hydrogens is 331 g/mol. The summed E-state index contributed by atoms with van der Waals surface area (Å²) in [5.74, 6) is 0.272. The second-order valence-electron chi connectivity index (χ2n) is 5.49. The number of hydrogen-bond acceptors (Lipinski definition) is 2. The van der Waals surface area contributed by atoms with E-state index >= 15 is 0 Å². The highest BCUT2D eigenvalue weighted by Crippen LogP contribution is 2.38. The Morgan fingerprint density at radius 3 is 2.81 bits per heavy atom. The lowest BCUT2D eigenvalue weighted by Crippen LogP contribution is -2.22. The molecule has 0 spiro atoms. The summed E-state index contributed by atoms with van der Waals surface area (Å²) in [6.45, 7) is 2.36. The Labute approximate surface area is 132 Å². The summed E-state index contributed by atoms with van der Waals surface area (Å²) in [4.78, 5) is 2.32. The fraction of sp³-hybridized carbons (Fsp3) is 0.294. The first-order valence-electron chi connectivity index (χ1n) is 7.16. The van der Waals surface area contributed by atoms with Gasteiger partial charge in [0.15, 0.2) is 0 Å². The molecule has 110 valence electrons. The van der Waals surface area contributed by atoms with Gasteiger partial charge in [0.1, 0.15) is 5.82 Å². The molecule has 2 aromatic carbocycles. The third kappa shape index (κ3) is 3.11. The first kappa shape index (κ1) is 14.5. The Morgan fingerprint density at radius 1 is 1.24 bits per heavy atom. The van der Waals surface area contributed by atoms with Gasteiger partial charge in [-0.2, -0.15) is 0 Å². The molecule has 0 aromatic heterocycles. The maximum absolute atomic E-state index is 13.5. The van der Waals surface area contributed by atoms with Gasteiger partial charge >= 0.3 is 0 Å². The maximum Gasteiger partial charge on any atom is 0.124 e. The van der Waals surface area contributed by atoms with Crippen LogP contribution in [-0.4, -0.2) is 13.1 Å². The first-order chi connectivity index (χ1) is 10.2. The van der Waals surface area contributed by atoms with Gasteiger partial charge < -0.3 is 10.6 Å². The van der Waals surface area contributed by atoms with Crippen LogP contribution in [-0.2, 0) is 6.54 Å². The van der Waals surface area contributed by atoms with Gasteiger partial charge in [0.25, 0.3) is 0 Å². The summed E-state index contributed by atoms with van der Waals surface area (Å²) in [7, 11) is 0. The average Bonchev–Trinajstić information content (AvgIpc) is 2.77. The molecule has 1 aliphatic rings. The smallest absolute Gasteiger partial charge is 0.124 e. The van der Waals surface area contributed by atoms with Crippen molar-refractivity contribution in [3.8, 4) is 0 Å². The Kier molecular flexibility index (Phi) is 4.27. The maximum atomic E-state index is 13.5. The standard InChI is InChI=1S/C17H18BrFN2/c18-14-7-12(8-15(19)9-14)10-21-11-13(5-6-20)16-3-1-2-4-17(16)21/h1-4,7-9,13H,5-6,10-11,20H2. The Bertz CT molecular complexity index is 624. The Balaban J connectivity index is 1.86. The minimum Gasteiger partial charge on any atom is -0.366 e. The van der Waals surface area contributed by atoms with Crippen molar-refractivity contribution in [2.45, 2.75) is 18.9 Å². The molecule has 0 fully saturated rings. The molecule has 2 N–H and O–H groups in total. The van der Waals surface area contributed by atoms with Crippen molar-refractivity contribution >= 4 is 21.6 Å². The van der Waals surface area contributed by atoms with Crippen LogP contribution in [0.25, 0.3) is 0 Å². The molecule has 0 radical (unpaired) electrons. The summed E-state index contributed by atoms with van der Waals surface area (Å²) < 4.78 is 14.3. The molecular formula is C17H18BrFN2. The number of nitrogens with two attached hydrogens (primary N) is 1. The normalized spacial score (nSPS) is 17.1. The first-order valence-corrected chi connectivity index (χ1v) is 7.95. The van der Waals surface area contributed by atoms with Crippen molar-refractivity contribution < 1.29 is 4.39 Å². The van der Waals surface area contributed by atoms with E-state index in [1.54, 1.807) is 6.07 Å². The number of nitrogens with zero attached hydrogens (tertiary/aromatic N) is 1. The van der Waals surface area contributed by atoms with E-state index in [2.05, 4.69) is 45.1 Å². The predicted octanol–water partition coefficient (Wildman–Crippen LogP) is 4.04. The molecule has 0 amide bonds. The van der Waals surface area contributed by atoms with Crippen LogP contribution in [0, 0.1) is 5.82 Å². The van der Waals surface area contributed by atoms with Crippen molar-refractivity contribution in [1.29, 1.82) is 0 Å². The van der Waals surface area contributed by atoms with E-state index in [-0.39, 0.29) is 5.82 Å². The van der Waals surface area contributed by atoms with Gasteiger partial charge in [0.05, 0.1) is 0 Å². The van der Waals surface area contributed by atoms with E-state index in [4.69, 9.17) is 5.73 Å². The summed E-state index contributed by atoms with van der Waals surface area (Å²) in [5.41, 5.74) is 9.31. The van der Waals surface area contributed by atoms with Crippen molar-refractivity contribution in [2.75, 3.05) is 18.0 Å². The number of para-hydroxylation sites is 1. The molecule has 2 nitrogen and oxygen atoms in total. The van der Waals surface area contributed by atoms with E-state index < -0.39 is 0 Å². The number of hydrogen-bond donors (Lipinski definition) is 1. The summed E-state index contributed by atoms with van der Waals surface area (Å²) in [5, 5.41) is 0. The van der Waals surface area contributed by atoms with Crippen molar-refractivity contribution in [3.05, 3.63) is 63.9 Å². The van der Waals surface area contributed by atoms with Crippen LogP contribution in [0.3, 0.4) is 0 Å². The average molecular weight is 349 g/mol. The fourth-order valence-electron chi connectivity index (χ4n) is 3.10. The third-order valence-electron chi connectivity index (χ3n) is 3.97. The van der Waals surface area contributed by atoms with Gasteiger partial charge in [-0.1, -0.05) is 34.1 Å². The fourth-order valence-corrected chi connectivity index (χ4v) is 3.62.